The molecule has 1 aromatic rings. The molecule has 0 aromatic carbocycles. The van der Waals surface area contributed by atoms with Crippen molar-refractivity contribution in [2.75, 3.05) is 13.1 Å². The van der Waals surface area contributed by atoms with Crippen LogP contribution in [0.15, 0.2) is 6.07 Å². The maximum absolute atomic E-state index is 5.76. The molecular formula is C13H24N4. The van der Waals surface area contributed by atoms with Gasteiger partial charge in [0.2, 0.25) is 0 Å². The first-order valence-electron chi connectivity index (χ1n) is 6.60. The highest BCUT2D eigenvalue weighted by Crippen LogP contribution is 2.24. The fraction of sp³-hybridized carbons (Fsp3) is 0.769. The summed E-state index contributed by atoms with van der Waals surface area (Å²) in [6.07, 6.45) is 2.24. The lowest BCUT2D eigenvalue weighted by Gasteiger charge is -2.20. The van der Waals surface area contributed by atoms with Crippen LogP contribution < -0.4 is 5.73 Å². The van der Waals surface area contributed by atoms with Crippen LogP contribution in [0.5, 0.6) is 0 Å². The van der Waals surface area contributed by atoms with Gasteiger partial charge in [0, 0.05) is 26.2 Å². The van der Waals surface area contributed by atoms with Gasteiger partial charge < -0.3 is 5.73 Å². The number of nitrogens with two attached hydrogens (primary N) is 1. The predicted octanol–water partition coefficient (Wildman–Crippen LogP) is 1.15. The first-order valence-corrected chi connectivity index (χ1v) is 6.60. The van der Waals surface area contributed by atoms with Crippen molar-refractivity contribution in [1.82, 2.24) is 14.7 Å². The molecule has 1 aliphatic rings. The first-order chi connectivity index (χ1) is 8.13. The second-order valence-corrected chi connectivity index (χ2v) is 5.22. The van der Waals surface area contributed by atoms with E-state index >= 15 is 0 Å². The van der Waals surface area contributed by atoms with Gasteiger partial charge in [-0.05, 0) is 38.3 Å². The van der Waals surface area contributed by atoms with E-state index < -0.39 is 0 Å². The molecule has 0 spiro atoms. The van der Waals surface area contributed by atoms with Gasteiger partial charge in [0.05, 0.1) is 11.4 Å². The van der Waals surface area contributed by atoms with Gasteiger partial charge >= 0.3 is 0 Å². The minimum Gasteiger partial charge on any atom is -0.330 e. The minimum absolute atomic E-state index is 0.642. The zero-order valence-electron chi connectivity index (χ0n) is 11.2. The Balaban J connectivity index is 2.03. The smallest absolute Gasteiger partial charge is 0.0625 e. The molecule has 0 aliphatic carbocycles. The van der Waals surface area contributed by atoms with Crippen LogP contribution in [0.4, 0.5) is 0 Å². The Bertz CT molecular complexity index is 371. The zero-order valence-corrected chi connectivity index (χ0v) is 11.2. The SMILES string of the molecule is CCc1cc(CN2CC(CN)CC2C)n(C)n1. The van der Waals surface area contributed by atoms with Crippen molar-refractivity contribution in [2.45, 2.75) is 39.3 Å². The van der Waals surface area contributed by atoms with Crippen LogP contribution in [0.1, 0.15) is 31.7 Å². The number of aryl methyl sites for hydroxylation is 2. The summed E-state index contributed by atoms with van der Waals surface area (Å²) in [7, 11) is 2.04. The van der Waals surface area contributed by atoms with E-state index in [1.165, 1.54) is 17.8 Å². The predicted molar refractivity (Wildman–Crippen MR) is 69.6 cm³/mol. The second kappa shape index (κ2) is 5.19. The van der Waals surface area contributed by atoms with Crippen molar-refractivity contribution >= 4 is 0 Å². The van der Waals surface area contributed by atoms with Gasteiger partial charge in [-0.25, -0.2) is 0 Å². The van der Waals surface area contributed by atoms with Crippen LogP contribution in [-0.4, -0.2) is 33.8 Å². The molecule has 2 atom stereocenters. The number of nitrogens with zero attached hydrogens (tertiary/aromatic N) is 3. The zero-order chi connectivity index (χ0) is 12.4. The van der Waals surface area contributed by atoms with Crippen LogP contribution in [0, 0.1) is 5.92 Å². The molecule has 96 valence electrons. The summed E-state index contributed by atoms with van der Waals surface area (Å²) in [6.45, 7) is 7.39. The standard InChI is InChI=1S/C13H24N4/c1-4-12-6-13(16(3)15-12)9-17-8-11(7-14)5-10(17)2/h6,10-11H,4-5,7-9,14H2,1-3H3. The Morgan fingerprint density at radius 1 is 1.53 bits per heavy atom. The summed E-state index contributed by atoms with van der Waals surface area (Å²) >= 11 is 0. The van der Waals surface area contributed by atoms with Crippen molar-refractivity contribution in [1.29, 1.82) is 0 Å². The van der Waals surface area contributed by atoms with E-state index in [-0.39, 0.29) is 0 Å². The summed E-state index contributed by atoms with van der Waals surface area (Å²) in [5.74, 6) is 0.670. The molecule has 4 nitrogen and oxygen atoms in total. The van der Waals surface area contributed by atoms with Crippen LogP contribution >= 0.6 is 0 Å². The average Bonchev–Trinajstić information content (AvgIpc) is 2.84. The molecule has 0 bridgehead atoms. The highest BCUT2D eigenvalue weighted by Gasteiger charge is 2.28. The largest absolute Gasteiger partial charge is 0.330 e. The van der Waals surface area contributed by atoms with Crippen LogP contribution in [0.2, 0.25) is 0 Å². The molecule has 0 amide bonds. The van der Waals surface area contributed by atoms with Gasteiger partial charge in [-0.15, -0.1) is 0 Å². The van der Waals surface area contributed by atoms with Crippen LogP contribution in [0.25, 0.3) is 0 Å². The maximum Gasteiger partial charge on any atom is 0.0625 e. The molecule has 1 aromatic heterocycles. The lowest BCUT2D eigenvalue weighted by atomic mass is 10.1. The van der Waals surface area contributed by atoms with Crippen LogP contribution in [0.3, 0.4) is 0 Å². The Kier molecular flexibility index (Phi) is 3.84. The Labute approximate surface area is 104 Å². The molecule has 2 rings (SSSR count). The van der Waals surface area contributed by atoms with Gasteiger partial charge in [0.15, 0.2) is 0 Å². The third-order valence-electron chi connectivity index (χ3n) is 3.88. The van der Waals surface area contributed by atoms with Crippen molar-refractivity contribution < 1.29 is 0 Å². The monoisotopic (exact) mass is 236 g/mol. The third kappa shape index (κ3) is 2.69. The van der Waals surface area contributed by atoms with Crippen molar-refractivity contribution in [3.8, 4) is 0 Å². The van der Waals surface area contributed by atoms with Crippen LogP contribution in [-0.2, 0) is 20.0 Å². The molecule has 0 saturated carbocycles. The van der Waals surface area contributed by atoms with E-state index in [1.54, 1.807) is 0 Å². The molecule has 17 heavy (non-hydrogen) atoms. The van der Waals surface area contributed by atoms with Gasteiger partial charge in [-0.1, -0.05) is 6.92 Å². The second-order valence-electron chi connectivity index (χ2n) is 5.22. The molecule has 4 heteroatoms. The molecule has 1 saturated heterocycles. The quantitative estimate of drug-likeness (QED) is 0.853. The van der Waals surface area contributed by atoms with E-state index in [0.29, 0.717) is 12.0 Å². The van der Waals surface area contributed by atoms with Crippen molar-refractivity contribution in [2.24, 2.45) is 18.7 Å². The molecule has 2 heterocycles. The summed E-state index contributed by atoms with van der Waals surface area (Å²) in [6, 6.07) is 2.87. The van der Waals surface area contributed by atoms with Gasteiger partial charge in [-0.2, -0.15) is 5.10 Å². The maximum atomic E-state index is 5.76. The molecule has 2 unspecified atom stereocenters. The summed E-state index contributed by atoms with van der Waals surface area (Å²) in [5.41, 5.74) is 8.26. The average molecular weight is 236 g/mol. The van der Waals surface area contributed by atoms with Gasteiger partial charge in [0.25, 0.3) is 0 Å². The molecular weight excluding hydrogens is 212 g/mol. The highest BCUT2D eigenvalue weighted by atomic mass is 15.3. The topological polar surface area (TPSA) is 47.1 Å². The fourth-order valence-electron chi connectivity index (χ4n) is 2.71. The van der Waals surface area contributed by atoms with Gasteiger partial charge in [-0.3, -0.25) is 9.58 Å². The number of aromatic nitrogens is 2. The summed E-state index contributed by atoms with van der Waals surface area (Å²) < 4.78 is 2.02. The Hall–Kier alpha value is -0.870. The first kappa shape index (κ1) is 12.6. The number of rotatable bonds is 4. The number of hydrogen-bond acceptors (Lipinski definition) is 3. The van der Waals surface area contributed by atoms with Crippen molar-refractivity contribution in [3.63, 3.8) is 0 Å². The Morgan fingerprint density at radius 2 is 2.29 bits per heavy atom. The number of likely N-dealkylation sites (tertiary alicyclic amines) is 1. The van der Waals surface area contributed by atoms with E-state index in [9.17, 15) is 0 Å². The van der Waals surface area contributed by atoms with Gasteiger partial charge in [0.1, 0.15) is 0 Å². The van der Waals surface area contributed by atoms with Crippen molar-refractivity contribution in [3.05, 3.63) is 17.5 Å². The molecule has 1 fully saturated rings. The third-order valence-corrected chi connectivity index (χ3v) is 3.88. The molecule has 1 aliphatic heterocycles. The van der Waals surface area contributed by atoms with E-state index in [0.717, 1.165) is 26.1 Å². The molecule has 0 radical (unpaired) electrons. The lowest BCUT2D eigenvalue weighted by molar-refractivity contribution is 0.249. The summed E-state index contributed by atoms with van der Waals surface area (Å²) in [5, 5.41) is 4.50. The summed E-state index contributed by atoms with van der Waals surface area (Å²) in [4.78, 5) is 2.52. The van der Waals surface area contributed by atoms with E-state index in [1.807, 2.05) is 11.7 Å². The fourth-order valence-corrected chi connectivity index (χ4v) is 2.71. The Morgan fingerprint density at radius 3 is 2.82 bits per heavy atom. The minimum atomic E-state index is 0.642. The van der Waals surface area contributed by atoms with E-state index in [2.05, 4.69) is 29.9 Å². The molecule has 2 N–H and O–H groups in total. The van der Waals surface area contributed by atoms with E-state index in [4.69, 9.17) is 5.73 Å². The highest BCUT2D eigenvalue weighted by molar-refractivity contribution is 5.10. The lowest BCUT2D eigenvalue weighted by Crippen LogP contribution is -2.28. The number of hydrogen-bond donors (Lipinski definition) is 1. The normalized spacial score (nSPS) is 25.6.